The number of hydrogen-bond acceptors (Lipinski definition) is 6. The summed E-state index contributed by atoms with van der Waals surface area (Å²) in [6.07, 6.45) is 22.4. The summed E-state index contributed by atoms with van der Waals surface area (Å²) in [4.78, 5) is 0. The van der Waals surface area contributed by atoms with Crippen molar-refractivity contribution in [1.82, 2.24) is 0 Å². The summed E-state index contributed by atoms with van der Waals surface area (Å²) in [5.41, 5.74) is 0. The van der Waals surface area contributed by atoms with E-state index < -0.39 is 17.6 Å². The van der Waals surface area contributed by atoms with Crippen LogP contribution in [0.5, 0.6) is 0 Å². The first-order valence-electron chi connectivity index (χ1n) is 15.0. The molecule has 0 saturated heterocycles. The van der Waals surface area contributed by atoms with Crippen LogP contribution in [0.25, 0.3) is 0 Å². The van der Waals surface area contributed by atoms with Gasteiger partial charge in [0.15, 0.2) is 0 Å². The third-order valence-electron chi connectivity index (χ3n) is 6.54. The van der Waals surface area contributed by atoms with E-state index in [9.17, 15) is 0 Å². The van der Waals surface area contributed by atoms with Crippen molar-refractivity contribution in [2.75, 3.05) is 41.2 Å². The van der Waals surface area contributed by atoms with Crippen molar-refractivity contribution in [3.05, 3.63) is 0 Å². The average molecular weight is 553 g/mol. The smallest absolute Gasteiger partial charge is 0.377 e. The number of rotatable bonds is 26. The maximum absolute atomic E-state index is 5.93. The molecule has 0 saturated carbocycles. The van der Waals surface area contributed by atoms with Gasteiger partial charge in [0.05, 0.1) is 0 Å². The molecule has 8 heteroatoms. The van der Waals surface area contributed by atoms with Gasteiger partial charge in [-0.05, 0) is 27.2 Å². The zero-order valence-corrected chi connectivity index (χ0v) is 27.6. The fourth-order valence-corrected chi connectivity index (χ4v) is 7.33. The van der Waals surface area contributed by atoms with E-state index in [1.54, 1.807) is 21.3 Å². The van der Waals surface area contributed by atoms with Crippen LogP contribution in [0.1, 0.15) is 130 Å². The summed E-state index contributed by atoms with van der Waals surface area (Å²) in [7, 11) is 0.174. The minimum atomic E-state index is -2.40. The maximum atomic E-state index is 5.93. The Bertz CT molecular complexity index is 400. The molecule has 0 N–H and O–H groups in total. The van der Waals surface area contributed by atoms with Crippen LogP contribution < -0.4 is 0 Å². The van der Waals surface area contributed by atoms with Crippen LogP contribution in [-0.2, 0) is 26.6 Å². The Labute approximate surface area is 228 Å². The lowest BCUT2D eigenvalue weighted by Crippen LogP contribution is -2.45. The van der Waals surface area contributed by atoms with Gasteiger partial charge in [-0.1, -0.05) is 103 Å². The molecule has 0 radical (unpaired) electrons. The second-order valence-corrected chi connectivity index (χ2v) is 15.2. The molecule has 0 aromatic rings. The normalized spacial score (nSPS) is 12.0. The lowest BCUT2D eigenvalue weighted by atomic mass is 10.0. The van der Waals surface area contributed by atoms with Gasteiger partial charge in [0.25, 0.3) is 0 Å². The predicted molar refractivity (Wildman–Crippen MR) is 158 cm³/mol. The highest BCUT2D eigenvalue weighted by Crippen LogP contribution is 2.21. The van der Waals surface area contributed by atoms with E-state index in [0.29, 0.717) is 19.8 Å². The molecule has 0 spiro atoms. The first-order chi connectivity index (χ1) is 17.4. The molecular formula is C28H64O6Si2. The molecule has 6 nitrogen and oxygen atoms in total. The Morgan fingerprint density at radius 1 is 0.417 bits per heavy atom. The summed E-state index contributed by atoms with van der Waals surface area (Å²) >= 11 is 0. The van der Waals surface area contributed by atoms with E-state index in [-0.39, 0.29) is 0 Å². The van der Waals surface area contributed by atoms with Gasteiger partial charge in [-0.25, -0.2) is 0 Å². The summed E-state index contributed by atoms with van der Waals surface area (Å²) in [6.45, 7) is 12.3. The highest BCUT2D eigenvalue weighted by Gasteiger charge is 2.39. The van der Waals surface area contributed by atoms with Crippen molar-refractivity contribution in [1.29, 1.82) is 0 Å². The molecule has 0 aliphatic carbocycles. The number of unbranched alkanes of at least 4 members (excludes halogenated alkanes) is 15. The zero-order valence-electron chi connectivity index (χ0n) is 25.6. The van der Waals surface area contributed by atoms with Crippen LogP contribution >= 0.6 is 0 Å². The van der Waals surface area contributed by atoms with Crippen LogP contribution in [0.3, 0.4) is 0 Å². The third-order valence-corrected chi connectivity index (χ3v) is 11.9. The van der Waals surface area contributed by atoms with Crippen molar-refractivity contribution < 1.29 is 26.6 Å². The maximum Gasteiger partial charge on any atom is 0.500 e. The molecular weight excluding hydrogens is 488 g/mol. The molecule has 0 aromatic heterocycles. The molecule has 0 unspecified atom stereocenters. The number of hydrogen-bond donors (Lipinski definition) is 0. The minimum Gasteiger partial charge on any atom is -0.377 e. The molecule has 0 heterocycles. The topological polar surface area (TPSA) is 55.4 Å². The Kier molecular flexibility index (Phi) is 30.0. The fourth-order valence-electron chi connectivity index (χ4n) is 4.14. The largest absolute Gasteiger partial charge is 0.500 e. The Hall–Kier alpha value is 0.194. The standard InChI is InChI=1S/C24H52O3Si.C4H12O3Si/c1-5-9-10-11-12-13-14-15-16-17-18-19-20-21-22-23-24-28(25-6-2,26-7-3)27-8-4;1-5-8(4,6-2)7-3/h5-24H2,1-4H3;1-4H3. The van der Waals surface area contributed by atoms with Crippen molar-refractivity contribution in [3.63, 3.8) is 0 Å². The predicted octanol–water partition coefficient (Wildman–Crippen LogP) is 8.79. The van der Waals surface area contributed by atoms with Gasteiger partial charge in [0, 0.05) is 53.7 Å². The van der Waals surface area contributed by atoms with Gasteiger partial charge in [0.1, 0.15) is 0 Å². The van der Waals surface area contributed by atoms with Crippen molar-refractivity contribution in [3.8, 4) is 0 Å². The van der Waals surface area contributed by atoms with E-state index >= 15 is 0 Å². The third kappa shape index (κ3) is 23.3. The van der Waals surface area contributed by atoms with E-state index in [2.05, 4.69) is 6.92 Å². The summed E-state index contributed by atoms with van der Waals surface area (Å²) < 4.78 is 32.6. The Morgan fingerprint density at radius 3 is 0.917 bits per heavy atom. The van der Waals surface area contributed by atoms with Gasteiger partial charge in [-0.15, -0.1) is 0 Å². The summed E-state index contributed by atoms with van der Waals surface area (Å²) in [6, 6.07) is 0.973. The van der Waals surface area contributed by atoms with Crippen molar-refractivity contribution in [2.45, 2.75) is 143 Å². The van der Waals surface area contributed by atoms with Gasteiger partial charge >= 0.3 is 17.6 Å². The molecule has 220 valence electrons. The average Bonchev–Trinajstić information content (AvgIpc) is 2.89. The molecule has 0 aromatic carbocycles. The molecule has 0 bridgehead atoms. The van der Waals surface area contributed by atoms with Crippen LogP contribution in [0.15, 0.2) is 0 Å². The Morgan fingerprint density at radius 2 is 0.694 bits per heavy atom. The first-order valence-corrected chi connectivity index (χ1v) is 19.2. The Balaban J connectivity index is 0. The van der Waals surface area contributed by atoms with Crippen LogP contribution in [0, 0.1) is 0 Å². The van der Waals surface area contributed by atoms with Gasteiger partial charge in [-0.3, -0.25) is 0 Å². The molecule has 0 atom stereocenters. The van der Waals surface area contributed by atoms with Crippen molar-refractivity contribution in [2.24, 2.45) is 0 Å². The first kappa shape index (κ1) is 38.3. The van der Waals surface area contributed by atoms with E-state index in [4.69, 9.17) is 26.6 Å². The van der Waals surface area contributed by atoms with Gasteiger partial charge < -0.3 is 26.6 Å². The monoisotopic (exact) mass is 552 g/mol. The van der Waals surface area contributed by atoms with Crippen molar-refractivity contribution >= 4 is 17.6 Å². The van der Waals surface area contributed by atoms with E-state index in [1.165, 1.54) is 103 Å². The molecule has 36 heavy (non-hydrogen) atoms. The van der Waals surface area contributed by atoms with Gasteiger partial charge in [-0.2, -0.15) is 0 Å². The van der Waals surface area contributed by atoms with Crippen LogP contribution in [-0.4, -0.2) is 58.8 Å². The molecule has 0 rings (SSSR count). The highest BCUT2D eigenvalue weighted by atomic mass is 28.4. The molecule has 0 fully saturated rings. The molecule has 0 aliphatic heterocycles. The zero-order chi connectivity index (χ0) is 27.4. The quantitative estimate of drug-likeness (QED) is 0.0789. The highest BCUT2D eigenvalue weighted by molar-refractivity contribution is 6.60. The summed E-state index contributed by atoms with van der Waals surface area (Å²) in [5.74, 6) is 0. The second-order valence-electron chi connectivity index (χ2n) is 9.51. The second kappa shape index (κ2) is 28.2. The lowest BCUT2D eigenvalue weighted by molar-refractivity contribution is 0.0706. The van der Waals surface area contributed by atoms with Crippen LogP contribution in [0.2, 0.25) is 12.6 Å². The van der Waals surface area contributed by atoms with E-state index in [1.807, 2.05) is 27.3 Å². The SMILES string of the molecule is CCCCCCCCCCCCCCCCCC[Si](OCC)(OCC)OCC.CO[Si](C)(OC)OC. The molecule has 0 amide bonds. The van der Waals surface area contributed by atoms with E-state index in [0.717, 1.165) is 6.04 Å². The van der Waals surface area contributed by atoms with Gasteiger partial charge in [0.2, 0.25) is 0 Å². The van der Waals surface area contributed by atoms with Crippen LogP contribution in [0.4, 0.5) is 0 Å². The summed E-state index contributed by atoms with van der Waals surface area (Å²) in [5, 5.41) is 0. The fraction of sp³-hybridized carbons (Fsp3) is 1.00. The molecule has 0 aliphatic rings. The minimum absolute atomic E-state index is 0.686. The lowest BCUT2D eigenvalue weighted by Gasteiger charge is -2.28.